The predicted molar refractivity (Wildman–Crippen MR) is 94.0 cm³/mol. The molecule has 1 aromatic heterocycles. The lowest BCUT2D eigenvalue weighted by Gasteiger charge is -2.35. The normalized spacial score (nSPS) is 17.7. The van der Waals surface area contributed by atoms with E-state index in [4.69, 9.17) is 0 Å². The number of likely N-dealkylation sites (N-methyl/N-ethyl adjacent to an activating group) is 1. The van der Waals surface area contributed by atoms with Gasteiger partial charge in [0.25, 0.3) is 0 Å². The first-order valence-electron chi connectivity index (χ1n) is 8.07. The smallest absolute Gasteiger partial charge is 0.322 e. The molecule has 1 unspecified atom stereocenters. The summed E-state index contributed by atoms with van der Waals surface area (Å²) in [6.07, 6.45) is 2.43. The number of hydrogen-bond donors (Lipinski definition) is 2. The van der Waals surface area contributed by atoms with E-state index in [0.717, 1.165) is 17.1 Å². The van der Waals surface area contributed by atoms with Gasteiger partial charge in [-0.05, 0) is 30.7 Å². The number of aliphatic hydroxyl groups excluding tert-OH is 1. The van der Waals surface area contributed by atoms with Crippen LogP contribution in [-0.2, 0) is 6.54 Å². The highest BCUT2D eigenvalue weighted by molar-refractivity contribution is 5.89. The van der Waals surface area contributed by atoms with Crippen molar-refractivity contribution in [1.82, 2.24) is 9.88 Å². The standard InChI is InChI=1S/C18H22N4O2/c1-21-15(13-23)9-11-22(12-16-17(21)8-5-10-19-16)18(24)20-14-6-3-2-4-7-14/h2-8,10,15,23H,9,11-13H2,1H3,(H,20,24). The Bertz CT molecular complexity index is 692. The Balaban J connectivity index is 1.82. The molecule has 24 heavy (non-hydrogen) atoms. The van der Waals surface area contributed by atoms with Crippen molar-refractivity contribution >= 4 is 17.4 Å². The molecule has 0 saturated carbocycles. The van der Waals surface area contributed by atoms with Gasteiger partial charge in [-0.2, -0.15) is 0 Å². The second-order valence-corrected chi connectivity index (χ2v) is 5.92. The number of pyridine rings is 1. The molecule has 2 heterocycles. The third-order valence-electron chi connectivity index (χ3n) is 4.39. The number of para-hydroxylation sites is 1. The van der Waals surface area contributed by atoms with E-state index in [0.29, 0.717) is 19.5 Å². The number of hydrogen-bond acceptors (Lipinski definition) is 4. The van der Waals surface area contributed by atoms with Gasteiger partial charge in [0.2, 0.25) is 0 Å². The summed E-state index contributed by atoms with van der Waals surface area (Å²) in [4.78, 5) is 20.9. The molecule has 1 aromatic carbocycles. The second-order valence-electron chi connectivity index (χ2n) is 5.92. The van der Waals surface area contributed by atoms with Crippen molar-refractivity contribution in [2.75, 3.05) is 30.4 Å². The summed E-state index contributed by atoms with van der Waals surface area (Å²) in [6, 6.07) is 13.1. The van der Waals surface area contributed by atoms with E-state index in [9.17, 15) is 9.90 Å². The lowest BCUT2D eigenvalue weighted by Crippen LogP contribution is -2.44. The summed E-state index contributed by atoms with van der Waals surface area (Å²) in [5, 5.41) is 12.6. The number of urea groups is 1. The first-order valence-corrected chi connectivity index (χ1v) is 8.07. The number of carbonyl (C=O) groups is 1. The minimum atomic E-state index is -0.154. The molecule has 1 aliphatic heterocycles. The van der Waals surface area contributed by atoms with Crippen LogP contribution in [0.4, 0.5) is 16.2 Å². The van der Waals surface area contributed by atoms with E-state index >= 15 is 0 Å². The molecule has 6 heteroatoms. The lowest BCUT2D eigenvalue weighted by atomic mass is 10.1. The quantitative estimate of drug-likeness (QED) is 0.889. The number of anilines is 2. The van der Waals surface area contributed by atoms with Crippen LogP contribution in [0, 0.1) is 0 Å². The van der Waals surface area contributed by atoms with Gasteiger partial charge in [0.1, 0.15) is 0 Å². The largest absolute Gasteiger partial charge is 0.394 e. The van der Waals surface area contributed by atoms with Gasteiger partial charge in [-0.3, -0.25) is 4.98 Å². The first kappa shape index (κ1) is 16.3. The van der Waals surface area contributed by atoms with Crippen LogP contribution in [0.25, 0.3) is 0 Å². The SMILES string of the molecule is CN1c2cccnc2CN(C(=O)Nc2ccccc2)CCC1CO. The van der Waals surface area contributed by atoms with Crippen LogP contribution in [0.3, 0.4) is 0 Å². The molecule has 6 nitrogen and oxygen atoms in total. The fraction of sp³-hybridized carbons (Fsp3) is 0.333. The second kappa shape index (κ2) is 7.31. The van der Waals surface area contributed by atoms with E-state index in [1.807, 2.05) is 49.5 Å². The van der Waals surface area contributed by atoms with Gasteiger partial charge < -0.3 is 20.2 Å². The molecule has 0 fully saturated rings. The van der Waals surface area contributed by atoms with Crippen molar-refractivity contribution in [2.45, 2.75) is 19.0 Å². The Kier molecular flexibility index (Phi) is 4.96. The Hall–Kier alpha value is -2.60. The summed E-state index contributed by atoms with van der Waals surface area (Å²) in [6.45, 7) is 1.04. The van der Waals surface area contributed by atoms with Gasteiger partial charge >= 0.3 is 6.03 Å². The fourth-order valence-electron chi connectivity index (χ4n) is 2.94. The topological polar surface area (TPSA) is 68.7 Å². The highest BCUT2D eigenvalue weighted by atomic mass is 16.3. The number of nitrogens with one attached hydrogen (secondary N) is 1. The zero-order chi connectivity index (χ0) is 16.9. The molecule has 0 bridgehead atoms. The van der Waals surface area contributed by atoms with Crippen molar-refractivity contribution in [3.63, 3.8) is 0 Å². The molecule has 0 saturated heterocycles. The van der Waals surface area contributed by atoms with Gasteiger partial charge in [0, 0.05) is 25.5 Å². The molecule has 1 atom stereocenters. The van der Waals surface area contributed by atoms with Crippen LogP contribution in [0.1, 0.15) is 12.1 Å². The number of fused-ring (bicyclic) bond motifs is 1. The van der Waals surface area contributed by atoms with E-state index in [2.05, 4.69) is 15.2 Å². The molecule has 2 aromatic rings. The van der Waals surface area contributed by atoms with E-state index in [-0.39, 0.29) is 18.7 Å². The molecule has 3 rings (SSSR count). The summed E-state index contributed by atoms with van der Waals surface area (Å²) < 4.78 is 0. The van der Waals surface area contributed by atoms with Crippen LogP contribution >= 0.6 is 0 Å². The maximum absolute atomic E-state index is 12.6. The molecule has 1 aliphatic rings. The Morgan fingerprint density at radius 2 is 2.08 bits per heavy atom. The monoisotopic (exact) mass is 326 g/mol. The molecule has 0 aliphatic carbocycles. The van der Waals surface area contributed by atoms with E-state index in [1.54, 1.807) is 11.1 Å². The summed E-state index contributed by atoms with van der Waals surface area (Å²) in [7, 11) is 1.96. The first-order chi connectivity index (χ1) is 11.7. The molecule has 2 amide bonds. The van der Waals surface area contributed by atoms with Gasteiger partial charge in [0.15, 0.2) is 0 Å². The Morgan fingerprint density at radius 3 is 2.83 bits per heavy atom. The van der Waals surface area contributed by atoms with Gasteiger partial charge in [-0.1, -0.05) is 18.2 Å². The maximum atomic E-state index is 12.6. The minimum Gasteiger partial charge on any atom is -0.394 e. The van der Waals surface area contributed by atoms with E-state index < -0.39 is 0 Å². The molecule has 2 N–H and O–H groups in total. The molecular formula is C18H22N4O2. The number of nitrogens with zero attached hydrogens (tertiary/aromatic N) is 3. The van der Waals surface area contributed by atoms with Crippen LogP contribution in [0.15, 0.2) is 48.7 Å². The van der Waals surface area contributed by atoms with E-state index in [1.165, 1.54) is 0 Å². The Morgan fingerprint density at radius 1 is 1.29 bits per heavy atom. The third kappa shape index (κ3) is 3.49. The molecular weight excluding hydrogens is 304 g/mol. The number of aliphatic hydroxyl groups is 1. The highest BCUT2D eigenvalue weighted by Crippen LogP contribution is 2.25. The van der Waals surface area contributed by atoms with Gasteiger partial charge in [-0.15, -0.1) is 0 Å². The van der Waals surface area contributed by atoms with Crippen molar-refractivity contribution in [1.29, 1.82) is 0 Å². The van der Waals surface area contributed by atoms with Crippen LogP contribution < -0.4 is 10.2 Å². The average molecular weight is 326 g/mol. The molecule has 0 radical (unpaired) electrons. The van der Waals surface area contributed by atoms with Crippen molar-refractivity contribution in [3.8, 4) is 0 Å². The molecule has 0 spiro atoms. The average Bonchev–Trinajstić information content (AvgIpc) is 2.60. The van der Waals surface area contributed by atoms with Crippen LogP contribution in [0.2, 0.25) is 0 Å². The fourth-order valence-corrected chi connectivity index (χ4v) is 2.94. The summed E-state index contributed by atoms with van der Waals surface area (Å²) in [5.41, 5.74) is 2.55. The lowest BCUT2D eigenvalue weighted by molar-refractivity contribution is 0.195. The zero-order valence-corrected chi connectivity index (χ0v) is 13.7. The third-order valence-corrected chi connectivity index (χ3v) is 4.39. The number of amides is 2. The van der Waals surface area contributed by atoms with Crippen molar-refractivity contribution in [3.05, 3.63) is 54.4 Å². The van der Waals surface area contributed by atoms with Crippen LogP contribution in [0.5, 0.6) is 0 Å². The zero-order valence-electron chi connectivity index (χ0n) is 13.7. The number of aromatic nitrogens is 1. The highest BCUT2D eigenvalue weighted by Gasteiger charge is 2.25. The van der Waals surface area contributed by atoms with Crippen molar-refractivity contribution < 1.29 is 9.90 Å². The van der Waals surface area contributed by atoms with Gasteiger partial charge in [-0.25, -0.2) is 4.79 Å². The summed E-state index contributed by atoms with van der Waals surface area (Å²) in [5.74, 6) is 0. The number of benzene rings is 1. The Labute approximate surface area is 141 Å². The van der Waals surface area contributed by atoms with Crippen molar-refractivity contribution in [2.24, 2.45) is 0 Å². The predicted octanol–water partition coefficient (Wildman–Crippen LogP) is 2.32. The molecule has 126 valence electrons. The van der Waals surface area contributed by atoms with Gasteiger partial charge in [0.05, 0.1) is 30.6 Å². The summed E-state index contributed by atoms with van der Waals surface area (Å²) >= 11 is 0. The number of carbonyl (C=O) groups excluding carboxylic acids is 1. The minimum absolute atomic E-state index is 0.0407. The number of rotatable bonds is 2. The van der Waals surface area contributed by atoms with Crippen LogP contribution in [-0.4, -0.2) is 47.3 Å². The maximum Gasteiger partial charge on any atom is 0.322 e.